The molecule has 0 aliphatic carbocycles. The summed E-state index contributed by atoms with van der Waals surface area (Å²) in [7, 11) is 5.93. The Bertz CT molecular complexity index is 1240. The van der Waals surface area contributed by atoms with E-state index in [2.05, 4.69) is 50.3 Å². The zero-order valence-electron chi connectivity index (χ0n) is 46.7. The van der Waals surface area contributed by atoms with Crippen LogP contribution >= 0.6 is 0 Å². The molecule has 0 aromatic heterocycles. The highest BCUT2D eigenvalue weighted by atomic mass is 16.7. The third kappa shape index (κ3) is 53.3. The number of nitrogens with zero attached hydrogens (tertiary/aromatic N) is 1. The summed E-state index contributed by atoms with van der Waals surface area (Å²) >= 11 is 0. The predicted octanol–water partition coefficient (Wildman–Crippen LogP) is 16.0. The van der Waals surface area contributed by atoms with Crippen molar-refractivity contribution in [3.63, 3.8) is 0 Å². The molecular weight excluding hydrogens is 875 g/mol. The Balaban J connectivity index is 4.05. The molecule has 0 amide bonds. The second-order valence-electron chi connectivity index (χ2n) is 21.3. The number of unbranched alkanes of at least 4 members (excludes halogenated alkanes) is 34. The van der Waals surface area contributed by atoms with E-state index in [0.717, 1.165) is 51.4 Å². The van der Waals surface area contributed by atoms with Crippen molar-refractivity contribution in [2.24, 2.45) is 0 Å². The van der Waals surface area contributed by atoms with Crippen molar-refractivity contribution in [3.8, 4) is 0 Å². The number of carbonyl (C=O) groups excluding carboxylic acids is 3. The van der Waals surface area contributed by atoms with Crippen LogP contribution in [0.1, 0.15) is 277 Å². The Morgan fingerprint density at radius 2 is 0.771 bits per heavy atom. The minimum atomic E-state index is -1.62. The van der Waals surface area contributed by atoms with Crippen LogP contribution in [-0.2, 0) is 33.3 Å². The Hall–Kier alpha value is -2.49. The summed E-state index contributed by atoms with van der Waals surface area (Å²) < 4.78 is 22.7. The molecule has 0 saturated carbocycles. The van der Waals surface area contributed by atoms with Gasteiger partial charge in [-0.15, -0.1) is 0 Å². The normalized spacial score (nSPS) is 13.0. The second-order valence-corrected chi connectivity index (χ2v) is 21.3. The molecule has 0 fully saturated rings. The topological polar surface area (TPSA) is 111 Å². The lowest BCUT2D eigenvalue weighted by Crippen LogP contribution is -2.44. The van der Waals surface area contributed by atoms with Crippen molar-refractivity contribution >= 4 is 17.9 Å². The van der Waals surface area contributed by atoms with Crippen molar-refractivity contribution in [3.05, 3.63) is 36.5 Å². The van der Waals surface area contributed by atoms with Crippen LogP contribution in [0.4, 0.5) is 0 Å². The van der Waals surface area contributed by atoms with Crippen LogP contribution in [0, 0.1) is 0 Å². The number of aliphatic carboxylic acids is 1. The largest absolute Gasteiger partial charge is 0.545 e. The molecule has 0 N–H and O–H groups in total. The molecule has 0 heterocycles. The maximum atomic E-state index is 12.8. The van der Waals surface area contributed by atoms with Crippen LogP contribution in [0.2, 0.25) is 0 Å². The minimum absolute atomic E-state index is 0.150. The monoisotopic (exact) mass is 988 g/mol. The van der Waals surface area contributed by atoms with E-state index in [-0.39, 0.29) is 32.2 Å². The molecule has 2 unspecified atom stereocenters. The number of rotatable bonds is 55. The van der Waals surface area contributed by atoms with Gasteiger partial charge in [-0.25, -0.2) is 0 Å². The number of ether oxygens (including phenoxy) is 4. The second kappa shape index (κ2) is 52.8. The molecular formula is C61H113NO8. The molecule has 9 nitrogen and oxygen atoms in total. The van der Waals surface area contributed by atoms with Crippen LogP contribution in [0.5, 0.6) is 0 Å². The molecule has 0 radical (unpaired) electrons. The summed E-state index contributed by atoms with van der Waals surface area (Å²) in [6.07, 6.45) is 60.7. The van der Waals surface area contributed by atoms with E-state index in [9.17, 15) is 19.5 Å². The first-order chi connectivity index (χ1) is 34.1. The minimum Gasteiger partial charge on any atom is -0.545 e. The van der Waals surface area contributed by atoms with Gasteiger partial charge in [0.25, 0.3) is 0 Å². The molecule has 0 bridgehead atoms. The average molecular weight is 989 g/mol. The summed E-state index contributed by atoms with van der Waals surface area (Å²) in [6.45, 7) is 4.76. The maximum Gasteiger partial charge on any atom is 0.306 e. The van der Waals surface area contributed by atoms with E-state index in [1.54, 1.807) is 0 Å². The van der Waals surface area contributed by atoms with Gasteiger partial charge in [-0.2, -0.15) is 0 Å². The highest BCUT2D eigenvalue weighted by Crippen LogP contribution is 2.17. The number of hydrogen-bond acceptors (Lipinski definition) is 8. The Labute approximate surface area is 432 Å². The van der Waals surface area contributed by atoms with Crippen LogP contribution in [0.3, 0.4) is 0 Å². The third-order valence-electron chi connectivity index (χ3n) is 13.1. The first kappa shape index (κ1) is 67.5. The SMILES string of the molecule is CCCCCCC/C=C\C/C=C\C/C=C\CCCCCCCCCCCCCCCCCCCCC(=O)OC(COC(=O)CCCCCCCCCCCCCC)COC(OCC[N+](C)(C)C)C(=O)[O-]. The fourth-order valence-electron chi connectivity index (χ4n) is 8.55. The number of esters is 2. The van der Waals surface area contributed by atoms with Gasteiger partial charge in [-0.3, -0.25) is 9.59 Å². The van der Waals surface area contributed by atoms with Crippen LogP contribution in [0.15, 0.2) is 36.5 Å². The number of allylic oxidation sites excluding steroid dienone is 6. The Morgan fingerprint density at radius 3 is 1.14 bits per heavy atom. The smallest absolute Gasteiger partial charge is 0.306 e. The summed E-state index contributed by atoms with van der Waals surface area (Å²) in [6, 6.07) is 0. The van der Waals surface area contributed by atoms with E-state index >= 15 is 0 Å². The van der Waals surface area contributed by atoms with Gasteiger partial charge in [0.1, 0.15) is 13.2 Å². The molecule has 0 aromatic rings. The van der Waals surface area contributed by atoms with Crippen molar-refractivity contribution < 1.29 is 42.9 Å². The number of quaternary nitrogens is 1. The molecule has 0 saturated heterocycles. The van der Waals surface area contributed by atoms with Gasteiger partial charge in [0, 0.05) is 12.8 Å². The molecule has 410 valence electrons. The number of hydrogen-bond donors (Lipinski definition) is 0. The number of carbonyl (C=O) groups is 3. The van der Waals surface area contributed by atoms with Gasteiger partial charge in [0.05, 0.1) is 40.3 Å². The summed E-state index contributed by atoms with van der Waals surface area (Å²) in [5.74, 6) is -2.27. The quantitative estimate of drug-likeness (QED) is 0.0195. The standard InChI is InChI=1S/C61H113NO8/c1-6-8-10-12-14-16-18-20-21-22-23-24-25-26-27-28-29-30-31-32-33-34-35-36-37-38-39-40-42-44-46-48-50-52-59(64)70-57(56-69-61(60(65)66)67-54-53-62(3,4)5)55-68-58(63)51-49-47-45-43-41-19-17-15-13-11-9-7-2/h18,20,22-23,25-26,57,61H,6-17,19,21,24,27-56H2,1-5H3/b20-18-,23-22-,26-25-. The van der Waals surface area contributed by atoms with Gasteiger partial charge in [-0.05, 0) is 51.4 Å². The van der Waals surface area contributed by atoms with Gasteiger partial charge in [0.2, 0.25) is 0 Å². The van der Waals surface area contributed by atoms with Crippen molar-refractivity contribution in [1.29, 1.82) is 0 Å². The Kier molecular flexibility index (Phi) is 50.9. The van der Waals surface area contributed by atoms with E-state index in [4.69, 9.17) is 18.9 Å². The van der Waals surface area contributed by atoms with Crippen molar-refractivity contribution in [1.82, 2.24) is 0 Å². The molecule has 0 aromatic carbocycles. The highest BCUT2D eigenvalue weighted by Gasteiger charge is 2.22. The lowest BCUT2D eigenvalue weighted by molar-refractivity contribution is -0.870. The molecule has 0 aliphatic heterocycles. The van der Waals surface area contributed by atoms with Gasteiger partial charge in [-0.1, -0.05) is 249 Å². The van der Waals surface area contributed by atoms with Gasteiger partial charge >= 0.3 is 11.9 Å². The molecule has 9 heteroatoms. The third-order valence-corrected chi connectivity index (χ3v) is 13.1. The van der Waals surface area contributed by atoms with E-state index in [1.165, 1.54) is 199 Å². The highest BCUT2D eigenvalue weighted by molar-refractivity contribution is 5.70. The van der Waals surface area contributed by atoms with E-state index in [1.807, 2.05) is 21.1 Å². The number of carboxylic acids is 1. The molecule has 0 rings (SSSR count). The number of likely N-dealkylation sites (N-methyl/N-ethyl adjacent to an activating group) is 1. The lowest BCUT2D eigenvalue weighted by Gasteiger charge is -2.26. The van der Waals surface area contributed by atoms with Crippen LogP contribution < -0.4 is 5.11 Å². The fourth-order valence-corrected chi connectivity index (χ4v) is 8.55. The number of carboxylic acid groups (broad SMARTS) is 1. The molecule has 70 heavy (non-hydrogen) atoms. The van der Waals surface area contributed by atoms with Gasteiger partial charge < -0.3 is 33.3 Å². The van der Waals surface area contributed by atoms with E-state index in [0.29, 0.717) is 17.4 Å². The summed E-state index contributed by atoms with van der Waals surface area (Å²) in [5.41, 5.74) is 0. The predicted molar refractivity (Wildman–Crippen MR) is 293 cm³/mol. The van der Waals surface area contributed by atoms with Gasteiger partial charge in [0.15, 0.2) is 12.4 Å². The van der Waals surface area contributed by atoms with Crippen molar-refractivity contribution in [2.75, 3.05) is 47.5 Å². The first-order valence-electron chi connectivity index (χ1n) is 29.6. The maximum absolute atomic E-state index is 12.8. The average Bonchev–Trinajstić information content (AvgIpc) is 3.33. The zero-order valence-corrected chi connectivity index (χ0v) is 46.7. The summed E-state index contributed by atoms with van der Waals surface area (Å²) in [4.78, 5) is 37.2. The summed E-state index contributed by atoms with van der Waals surface area (Å²) in [5, 5.41) is 11.7. The lowest BCUT2D eigenvalue weighted by atomic mass is 10.0. The van der Waals surface area contributed by atoms with E-state index < -0.39 is 24.3 Å². The first-order valence-corrected chi connectivity index (χ1v) is 29.6. The van der Waals surface area contributed by atoms with Crippen LogP contribution in [0.25, 0.3) is 0 Å². The molecule has 0 spiro atoms. The van der Waals surface area contributed by atoms with Crippen molar-refractivity contribution in [2.45, 2.75) is 289 Å². The zero-order chi connectivity index (χ0) is 51.3. The molecule has 0 aliphatic rings. The Morgan fingerprint density at radius 1 is 0.429 bits per heavy atom. The molecule has 2 atom stereocenters. The van der Waals surface area contributed by atoms with Crippen LogP contribution in [-0.4, -0.2) is 82.3 Å². The fraction of sp³-hybridized carbons (Fsp3) is 0.852.